The van der Waals surface area contributed by atoms with Gasteiger partial charge >= 0.3 is 5.97 Å². The van der Waals surface area contributed by atoms with Crippen LogP contribution in [0.25, 0.3) is 6.08 Å². The van der Waals surface area contributed by atoms with Crippen LogP contribution in [0.15, 0.2) is 48.5 Å². The van der Waals surface area contributed by atoms with Crippen LogP contribution < -0.4 is 9.47 Å². The maximum Gasteiger partial charge on any atom is 0.343 e. The molecule has 2 aromatic carbocycles. The molecular formula is C19H18O6. The predicted octanol–water partition coefficient (Wildman–Crippen LogP) is 2.85. The molecule has 0 spiro atoms. The summed E-state index contributed by atoms with van der Waals surface area (Å²) in [6, 6.07) is 11.3. The minimum atomic E-state index is -0.481. The van der Waals surface area contributed by atoms with E-state index in [1.165, 1.54) is 26.4 Å². The van der Waals surface area contributed by atoms with Crippen LogP contribution >= 0.6 is 0 Å². The Labute approximate surface area is 145 Å². The van der Waals surface area contributed by atoms with Crippen molar-refractivity contribution in [3.05, 3.63) is 59.7 Å². The smallest absolute Gasteiger partial charge is 0.343 e. The SMILES string of the molecule is COC(=O)COc1ccc(C(=O)/C=C\c2ccc(OC)c(O)c2)cc1. The summed E-state index contributed by atoms with van der Waals surface area (Å²) < 4.78 is 14.7. The van der Waals surface area contributed by atoms with E-state index in [1.54, 1.807) is 42.5 Å². The van der Waals surface area contributed by atoms with Crippen molar-refractivity contribution in [1.82, 2.24) is 0 Å². The minimum Gasteiger partial charge on any atom is -0.504 e. The van der Waals surface area contributed by atoms with Crippen molar-refractivity contribution < 1.29 is 28.9 Å². The van der Waals surface area contributed by atoms with Gasteiger partial charge in [0.05, 0.1) is 14.2 Å². The van der Waals surface area contributed by atoms with Crippen molar-refractivity contribution in [3.63, 3.8) is 0 Å². The van der Waals surface area contributed by atoms with Gasteiger partial charge in [-0.25, -0.2) is 4.79 Å². The maximum absolute atomic E-state index is 12.2. The topological polar surface area (TPSA) is 82.1 Å². The van der Waals surface area contributed by atoms with Gasteiger partial charge in [-0.1, -0.05) is 12.1 Å². The van der Waals surface area contributed by atoms with Crippen LogP contribution in [-0.2, 0) is 9.53 Å². The first kappa shape index (κ1) is 18.1. The van der Waals surface area contributed by atoms with Crippen LogP contribution in [0.4, 0.5) is 0 Å². The highest BCUT2D eigenvalue weighted by Gasteiger charge is 2.05. The summed E-state index contributed by atoms with van der Waals surface area (Å²) in [4.78, 5) is 23.2. The van der Waals surface area contributed by atoms with Gasteiger partial charge in [0.1, 0.15) is 5.75 Å². The van der Waals surface area contributed by atoms with E-state index in [2.05, 4.69) is 4.74 Å². The van der Waals surface area contributed by atoms with E-state index in [4.69, 9.17) is 9.47 Å². The van der Waals surface area contributed by atoms with Crippen molar-refractivity contribution in [2.75, 3.05) is 20.8 Å². The molecular weight excluding hydrogens is 324 g/mol. The third-order valence-corrected chi connectivity index (χ3v) is 3.35. The molecule has 0 unspecified atom stereocenters. The molecule has 6 nitrogen and oxygen atoms in total. The summed E-state index contributed by atoms with van der Waals surface area (Å²) in [5.41, 5.74) is 1.14. The van der Waals surface area contributed by atoms with Gasteiger partial charge in [0.2, 0.25) is 0 Å². The van der Waals surface area contributed by atoms with Crippen LogP contribution in [0.2, 0.25) is 0 Å². The molecule has 0 bridgehead atoms. The zero-order chi connectivity index (χ0) is 18.2. The molecule has 0 aromatic heterocycles. The number of phenols is 1. The summed E-state index contributed by atoms with van der Waals surface area (Å²) in [6.07, 6.45) is 3.01. The number of hydrogen-bond donors (Lipinski definition) is 1. The first-order chi connectivity index (χ1) is 12.0. The van der Waals surface area contributed by atoms with E-state index in [0.717, 1.165) is 0 Å². The van der Waals surface area contributed by atoms with Gasteiger partial charge in [-0.05, 0) is 48.0 Å². The molecule has 25 heavy (non-hydrogen) atoms. The van der Waals surface area contributed by atoms with E-state index < -0.39 is 5.97 Å². The fraction of sp³-hybridized carbons (Fsp3) is 0.158. The molecule has 0 radical (unpaired) electrons. The lowest BCUT2D eigenvalue weighted by Crippen LogP contribution is -2.12. The van der Waals surface area contributed by atoms with Crippen LogP contribution in [0.1, 0.15) is 15.9 Å². The lowest BCUT2D eigenvalue weighted by atomic mass is 10.1. The number of aromatic hydroxyl groups is 1. The second-order valence-electron chi connectivity index (χ2n) is 5.02. The second kappa shape index (κ2) is 8.54. The van der Waals surface area contributed by atoms with Crippen LogP contribution in [0, 0.1) is 0 Å². The average Bonchev–Trinajstić information content (AvgIpc) is 2.64. The Morgan fingerprint density at radius 3 is 2.40 bits per heavy atom. The molecule has 0 aliphatic heterocycles. The van der Waals surface area contributed by atoms with Gasteiger partial charge in [-0.15, -0.1) is 0 Å². The first-order valence-electron chi connectivity index (χ1n) is 7.42. The average molecular weight is 342 g/mol. The van der Waals surface area contributed by atoms with Gasteiger partial charge < -0.3 is 19.3 Å². The van der Waals surface area contributed by atoms with Crippen molar-refractivity contribution in [1.29, 1.82) is 0 Å². The Morgan fingerprint density at radius 2 is 1.80 bits per heavy atom. The number of esters is 1. The lowest BCUT2D eigenvalue weighted by Gasteiger charge is -2.05. The highest BCUT2D eigenvalue weighted by Crippen LogP contribution is 2.26. The second-order valence-corrected chi connectivity index (χ2v) is 5.02. The Balaban J connectivity index is 2.00. The van der Waals surface area contributed by atoms with Gasteiger partial charge in [-0.3, -0.25) is 4.79 Å². The standard InChI is InChI=1S/C19H18O6/c1-23-18-10-4-13(11-17(18)21)3-9-16(20)14-5-7-15(8-6-14)25-12-19(22)24-2/h3-11,21H,12H2,1-2H3/b9-3-. The van der Waals surface area contributed by atoms with Crippen molar-refractivity contribution in [2.24, 2.45) is 0 Å². The molecule has 6 heteroatoms. The van der Waals surface area contributed by atoms with Gasteiger partial charge in [0.15, 0.2) is 23.9 Å². The summed E-state index contributed by atoms with van der Waals surface area (Å²) in [5.74, 6) is 0.155. The van der Waals surface area contributed by atoms with Crippen LogP contribution in [0.3, 0.4) is 0 Å². The van der Waals surface area contributed by atoms with Crippen molar-refractivity contribution in [3.8, 4) is 17.2 Å². The summed E-state index contributed by atoms with van der Waals surface area (Å²) in [6.45, 7) is -0.190. The predicted molar refractivity (Wildman–Crippen MR) is 92.0 cm³/mol. The van der Waals surface area contributed by atoms with Crippen molar-refractivity contribution >= 4 is 17.8 Å². The molecule has 2 rings (SSSR count). The highest BCUT2D eigenvalue weighted by atomic mass is 16.6. The number of carbonyl (C=O) groups is 2. The number of hydrogen-bond acceptors (Lipinski definition) is 6. The Bertz CT molecular complexity index is 777. The third kappa shape index (κ3) is 5.10. The summed E-state index contributed by atoms with van der Waals surface area (Å²) >= 11 is 0. The number of allylic oxidation sites excluding steroid dienone is 1. The molecule has 0 saturated heterocycles. The lowest BCUT2D eigenvalue weighted by molar-refractivity contribution is -0.142. The highest BCUT2D eigenvalue weighted by molar-refractivity contribution is 6.06. The van der Waals surface area contributed by atoms with E-state index in [1.807, 2.05) is 0 Å². The molecule has 1 N–H and O–H groups in total. The molecule has 0 aliphatic rings. The van der Waals surface area contributed by atoms with Crippen LogP contribution in [-0.4, -0.2) is 37.7 Å². The monoisotopic (exact) mass is 342 g/mol. The van der Waals surface area contributed by atoms with Gasteiger partial charge in [0, 0.05) is 5.56 Å². The quantitative estimate of drug-likeness (QED) is 0.473. The maximum atomic E-state index is 12.2. The van der Waals surface area contributed by atoms with Gasteiger partial charge in [0.25, 0.3) is 0 Å². The molecule has 0 aliphatic carbocycles. The van der Waals surface area contributed by atoms with E-state index in [0.29, 0.717) is 22.6 Å². The molecule has 0 amide bonds. The molecule has 0 atom stereocenters. The zero-order valence-electron chi connectivity index (χ0n) is 13.9. The fourth-order valence-corrected chi connectivity index (χ4v) is 2.00. The molecule has 2 aromatic rings. The molecule has 0 heterocycles. The number of ketones is 1. The van der Waals surface area contributed by atoms with Gasteiger partial charge in [-0.2, -0.15) is 0 Å². The number of ether oxygens (including phenoxy) is 3. The number of benzene rings is 2. The summed E-state index contributed by atoms with van der Waals surface area (Å²) in [5, 5.41) is 9.72. The Morgan fingerprint density at radius 1 is 1.08 bits per heavy atom. The first-order valence-corrected chi connectivity index (χ1v) is 7.42. The Kier molecular flexibility index (Phi) is 6.17. The Hall–Kier alpha value is -3.28. The van der Waals surface area contributed by atoms with Crippen LogP contribution in [0.5, 0.6) is 17.2 Å². The fourth-order valence-electron chi connectivity index (χ4n) is 2.00. The molecule has 0 fully saturated rings. The summed E-state index contributed by atoms with van der Waals surface area (Å²) in [7, 11) is 2.75. The number of carbonyl (C=O) groups excluding carboxylic acids is 2. The minimum absolute atomic E-state index is 0.00390. The number of rotatable bonds is 7. The number of methoxy groups -OCH3 is 2. The largest absolute Gasteiger partial charge is 0.504 e. The van der Waals surface area contributed by atoms with Crippen molar-refractivity contribution in [2.45, 2.75) is 0 Å². The zero-order valence-corrected chi connectivity index (χ0v) is 13.9. The van der Waals surface area contributed by atoms with E-state index in [-0.39, 0.29) is 18.1 Å². The van der Waals surface area contributed by atoms with E-state index >= 15 is 0 Å². The molecule has 130 valence electrons. The number of phenolic OH excluding ortho intramolecular Hbond substituents is 1. The third-order valence-electron chi connectivity index (χ3n) is 3.35. The van der Waals surface area contributed by atoms with E-state index in [9.17, 15) is 14.7 Å². The molecule has 0 saturated carbocycles. The normalized spacial score (nSPS) is 10.5.